The van der Waals surface area contributed by atoms with E-state index in [9.17, 15) is 14.9 Å². The predicted molar refractivity (Wildman–Crippen MR) is 120 cm³/mol. The number of hydrogen-bond acceptors (Lipinski definition) is 4. The third kappa shape index (κ3) is 3.46. The highest BCUT2D eigenvalue weighted by molar-refractivity contribution is 6.08. The topological polar surface area (TPSA) is 84.3 Å². The van der Waals surface area contributed by atoms with E-state index in [4.69, 9.17) is 0 Å². The van der Waals surface area contributed by atoms with Gasteiger partial charge in [0.25, 0.3) is 11.6 Å². The summed E-state index contributed by atoms with van der Waals surface area (Å²) in [4.78, 5) is 23.7. The number of anilines is 2. The molecule has 1 aliphatic heterocycles. The molecular weight excluding hydrogens is 390 g/mol. The maximum atomic E-state index is 13.1. The zero-order valence-electron chi connectivity index (χ0n) is 16.7. The zero-order valence-corrected chi connectivity index (χ0v) is 16.7. The number of benzene rings is 3. The number of nitrogens with one attached hydrogen (secondary N) is 2. The Kier molecular flexibility index (Phi) is 4.75. The number of nitrogens with zero attached hydrogens (tertiary/aromatic N) is 1. The van der Waals surface area contributed by atoms with Gasteiger partial charge in [0, 0.05) is 23.7 Å². The molecule has 3 aromatic carbocycles. The van der Waals surface area contributed by atoms with Crippen LogP contribution in [0.4, 0.5) is 17.1 Å². The summed E-state index contributed by atoms with van der Waals surface area (Å²) in [6.07, 6.45) is 5.31. The normalized spacial score (nSPS) is 21.0. The molecule has 0 saturated carbocycles. The largest absolute Gasteiger partial charge is 0.377 e. The van der Waals surface area contributed by atoms with Gasteiger partial charge in [-0.2, -0.15) is 0 Å². The number of para-hydroxylation sites is 2. The molecule has 0 fully saturated rings. The first-order valence-electron chi connectivity index (χ1n) is 10.3. The minimum absolute atomic E-state index is 0.0426. The smallest absolute Gasteiger partial charge is 0.269 e. The third-order valence-electron chi connectivity index (χ3n) is 6.14. The van der Waals surface area contributed by atoms with Crippen molar-refractivity contribution in [2.75, 3.05) is 10.6 Å². The van der Waals surface area contributed by atoms with E-state index < -0.39 is 0 Å². The van der Waals surface area contributed by atoms with Crippen LogP contribution < -0.4 is 10.6 Å². The highest BCUT2D eigenvalue weighted by Crippen LogP contribution is 2.50. The SMILES string of the molecule is O=C(Nc1ccccc1)c1cccc2c1NC(c1ccc([N+](=O)[O-])cc1)C1CC=CC21. The lowest BCUT2D eigenvalue weighted by atomic mass is 9.76. The summed E-state index contributed by atoms with van der Waals surface area (Å²) >= 11 is 0. The van der Waals surface area contributed by atoms with Gasteiger partial charge in [-0.15, -0.1) is 0 Å². The Morgan fingerprint density at radius 3 is 2.52 bits per heavy atom. The Labute approximate surface area is 179 Å². The van der Waals surface area contributed by atoms with Gasteiger partial charge in [-0.1, -0.05) is 54.6 Å². The van der Waals surface area contributed by atoms with Crippen LogP contribution in [0.3, 0.4) is 0 Å². The third-order valence-corrected chi connectivity index (χ3v) is 6.14. The maximum absolute atomic E-state index is 13.1. The van der Waals surface area contributed by atoms with Gasteiger partial charge >= 0.3 is 0 Å². The quantitative estimate of drug-likeness (QED) is 0.329. The van der Waals surface area contributed by atoms with Crippen LogP contribution >= 0.6 is 0 Å². The van der Waals surface area contributed by atoms with Gasteiger partial charge in [-0.25, -0.2) is 0 Å². The molecule has 3 aromatic rings. The Morgan fingerprint density at radius 2 is 1.77 bits per heavy atom. The highest BCUT2D eigenvalue weighted by atomic mass is 16.6. The van der Waals surface area contributed by atoms with Crippen molar-refractivity contribution in [1.29, 1.82) is 0 Å². The molecule has 3 unspecified atom stereocenters. The molecule has 0 saturated heterocycles. The van der Waals surface area contributed by atoms with Crippen LogP contribution in [0.5, 0.6) is 0 Å². The van der Waals surface area contributed by atoms with E-state index >= 15 is 0 Å². The summed E-state index contributed by atoms with van der Waals surface area (Å²) in [5, 5.41) is 17.6. The minimum Gasteiger partial charge on any atom is -0.377 e. The van der Waals surface area contributed by atoms with E-state index in [0.29, 0.717) is 11.5 Å². The molecule has 3 atom stereocenters. The molecule has 0 bridgehead atoms. The van der Waals surface area contributed by atoms with Crippen LogP contribution in [0, 0.1) is 16.0 Å². The molecule has 1 aliphatic carbocycles. The van der Waals surface area contributed by atoms with Crippen LogP contribution in [0.2, 0.25) is 0 Å². The van der Waals surface area contributed by atoms with E-state index in [1.807, 2.05) is 54.6 Å². The number of allylic oxidation sites excluding steroid dienone is 2. The minimum atomic E-state index is -0.390. The Balaban J connectivity index is 1.51. The summed E-state index contributed by atoms with van der Waals surface area (Å²) in [5.74, 6) is 0.320. The average Bonchev–Trinajstić information content (AvgIpc) is 3.29. The van der Waals surface area contributed by atoms with Crippen LogP contribution in [0.1, 0.15) is 39.9 Å². The van der Waals surface area contributed by atoms with E-state index in [0.717, 1.165) is 28.9 Å². The average molecular weight is 411 g/mol. The van der Waals surface area contributed by atoms with Gasteiger partial charge in [0.05, 0.1) is 22.2 Å². The van der Waals surface area contributed by atoms with Crippen molar-refractivity contribution in [2.45, 2.75) is 18.4 Å². The van der Waals surface area contributed by atoms with E-state index in [2.05, 4.69) is 28.9 Å². The molecule has 5 rings (SSSR count). The van der Waals surface area contributed by atoms with Crippen LogP contribution in [-0.4, -0.2) is 10.8 Å². The van der Waals surface area contributed by atoms with Crippen molar-refractivity contribution in [3.8, 4) is 0 Å². The summed E-state index contributed by atoms with van der Waals surface area (Å²) < 4.78 is 0. The maximum Gasteiger partial charge on any atom is 0.269 e. The van der Waals surface area contributed by atoms with Gasteiger partial charge in [-0.05, 0) is 41.7 Å². The van der Waals surface area contributed by atoms with Gasteiger partial charge in [0.1, 0.15) is 0 Å². The van der Waals surface area contributed by atoms with Gasteiger partial charge in [0.2, 0.25) is 0 Å². The molecule has 31 heavy (non-hydrogen) atoms. The van der Waals surface area contributed by atoms with Crippen LogP contribution in [-0.2, 0) is 0 Å². The molecule has 2 N–H and O–H groups in total. The number of non-ortho nitro benzene ring substituents is 1. The Bertz CT molecular complexity index is 1170. The number of hydrogen-bond donors (Lipinski definition) is 2. The summed E-state index contributed by atoms with van der Waals surface area (Å²) in [7, 11) is 0. The molecule has 0 spiro atoms. The second-order valence-corrected chi connectivity index (χ2v) is 7.91. The van der Waals surface area contributed by atoms with Crippen molar-refractivity contribution >= 4 is 23.0 Å². The van der Waals surface area contributed by atoms with Crippen LogP contribution in [0.15, 0.2) is 84.9 Å². The molecule has 6 nitrogen and oxygen atoms in total. The Hall–Kier alpha value is -3.93. The van der Waals surface area contributed by atoms with Gasteiger partial charge in [0.15, 0.2) is 0 Å². The summed E-state index contributed by atoms with van der Waals surface area (Å²) in [5.41, 5.74) is 4.32. The number of nitro groups is 1. The number of carbonyl (C=O) groups is 1. The summed E-state index contributed by atoms with van der Waals surface area (Å²) in [6.45, 7) is 0. The highest BCUT2D eigenvalue weighted by Gasteiger charge is 2.39. The Morgan fingerprint density at radius 1 is 1.00 bits per heavy atom. The fourth-order valence-electron chi connectivity index (χ4n) is 4.66. The molecule has 6 heteroatoms. The molecule has 0 aromatic heterocycles. The van der Waals surface area contributed by atoms with Crippen molar-refractivity contribution in [1.82, 2.24) is 0 Å². The number of carbonyl (C=O) groups excluding carboxylic acids is 1. The number of rotatable bonds is 4. The zero-order chi connectivity index (χ0) is 21.4. The lowest BCUT2D eigenvalue weighted by Gasteiger charge is -2.38. The predicted octanol–water partition coefficient (Wildman–Crippen LogP) is 5.67. The molecule has 154 valence electrons. The fourth-order valence-corrected chi connectivity index (χ4v) is 4.66. The van der Waals surface area contributed by atoms with Gasteiger partial charge < -0.3 is 10.6 Å². The first-order valence-corrected chi connectivity index (χ1v) is 10.3. The molecule has 2 aliphatic rings. The van der Waals surface area contributed by atoms with Gasteiger partial charge in [-0.3, -0.25) is 14.9 Å². The van der Waals surface area contributed by atoms with Crippen molar-refractivity contribution in [3.63, 3.8) is 0 Å². The number of nitro benzene ring substituents is 1. The lowest BCUT2D eigenvalue weighted by molar-refractivity contribution is -0.384. The number of fused-ring (bicyclic) bond motifs is 3. The van der Waals surface area contributed by atoms with E-state index in [1.54, 1.807) is 0 Å². The van der Waals surface area contributed by atoms with E-state index in [1.165, 1.54) is 12.1 Å². The second kappa shape index (κ2) is 7.72. The lowest BCUT2D eigenvalue weighted by Crippen LogP contribution is -2.30. The first kappa shape index (κ1) is 19.1. The van der Waals surface area contributed by atoms with Crippen molar-refractivity contribution < 1.29 is 9.72 Å². The standard InChI is InChI=1S/C25H21N3O3/c29-25(26-17-6-2-1-3-7-17)22-11-5-10-21-19-8-4-9-20(19)23(27-24(21)22)16-12-14-18(15-13-16)28(30)31/h1-8,10-15,19-20,23,27H,9H2,(H,26,29). The molecule has 1 amide bonds. The van der Waals surface area contributed by atoms with E-state index in [-0.39, 0.29) is 28.5 Å². The van der Waals surface area contributed by atoms with Crippen molar-refractivity contribution in [3.05, 3.63) is 112 Å². The molecular formula is C25H21N3O3. The molecule has 0 radical (unpaired) electrons. The summed E-state index contributed by atoms with van der Waals surface area (Å²) in [6, 6.07) is 21.9. The monoisotopic (exact) mass is 411 g/mol. The molecule has 1 heterocycles. The van der Waals surface area contributed by atoms with Crippen LogP contribution in [0.25, 0.3) is 0 Å². The fraction of sp³-hybridized carbons (Fsp3) is 0.160. The number of amides is 1. The first-order chi connectivity index (χ1) is 15.1. The van der Waals surface area contributed by atoms with Crippen molar-refractivity contribution in [2.24, 2.45) is 5.92 Å². The second-order valence-electron chi connectivity index (χ2n) is 7.91.